The van der Waals surface area contributed by atoms with Gasteiger partial charge in [-0.3, -0.25) is 4.79 Å². The third-order valence-electron chi connectivity index (χ3n) is 4.63. The van der Waals surface area contributed by atoms with Crippen LogP contribution in [-0.2, 0) is 10.2 Å². The fraction of sp³-hybridized carbons (Fsp3) is 0.529. The summed E-state index contributed by atoms with van der Waals surface area (Å²) >= 11 is 0. The van der Waals surface area contributed by atoms with Crippen molar-refractivity contribution in [1.29, 1.82) is 0 Å². The van der Waals surface area contributed by atoms with Gasteiger partial charge in [-0.15, -0.1) is 0 Å². The summed E-state index contributed by atoms with van der Waals surface area (Å²) in [6.45, 7) is 4.52. The third-order valence-corrected chi connectivity index (χ3v) is 4.63. The predicted molar refractivity (Wildman–Crippen MR) is 86.3 cm³/mol. The molecule has 4 N–H and O–H groups in total. The largest absolute Gasteiger partial charge is 0.353 e. The second-order valence-electron chi connectivity index (χ2n) is 6.24. The van der Waals surface area contributed by atoms with Crippen LogP contribution >= 0.6 is 0 Å². The van der Waals surface area contributed by atoms with Crippen molar-refractivity contribution in [2.45, 2.75) is 44.6 Å². The lowest BCUT2D eigenvalue weighted by Gasteiger charge is -2.24. The Labute approximate surface area is 131 Å². The van der Waals surface area contributed by atoms with Gasteiger partial charge in [0.1, 0.15) is 6.04 Å². The average molecular weight is 303 g/mol. The van der Waals surface area contributed by atoms with E-state index in [0.717, 1.165) is 19.3 Å². The van der Waals surface area contributed by atoms with E-state index in [9.17, 15) is 9.59 Å². The van der Waals surface area contributed by atoms with E-state index in [2.05, 4.69) is 22.8 Å². The summed E-state index contributed by atoms with van der Waals surface area (Å²) in [5, 5.41) is 5.55. The van der Waals surface area contributed by atoms with Gasteiger partial charge in [0, 0.05) is 12.0 Å². The number of hydrogen-bond donors (Lipinski definition) is 3. The molecule has 5 nitrogen and oxygen atoms in total. The zero-order chi connectivity index (χ0) is 16.2. The molecule has 1 saturated carbocycles. The summed E-state index contributed by atoms with van der Waals surface area (Å²) in [4.78, 5) is 23.5. The summed E-state index contributed by atoms with van der Waals surface area (Å²) in [5.74, 6) is -0.116. The predicted octanol–water partition coefficient (Wildman–Crippen LogP) is 1.92. The second-order valence-corrected chi connectivity index (χ2v) is 6.24. The van der Waals surface area contributed by atoms with Crippen LogP contribution in [-0.4, -0.2) is 24.5 Å². The van der Waals surface area contributed by atoms with Gasteiger partial charge in [0.15, 0.2) is 0 Å². The summed E-state index contributed by atoms with van der Waals surface area (Å²) in [7, 11) is 0. The molecule has 1 fully saturated rings. The first-order valence-corrected chi connectivity index (χ1v) is 7.88. The standard InChI is InChI=1S/C17H25N3O2/c1-3-12(2)14(20-16(18)22)15(21)19-11-17(9-10-17)13-7-5-4-6-8-13/h4-8,12,14H,3,9-11H2,1-2H3,(H,19,21)(H3,18,20,22)/t12-,14-/m1/s1. The van der Waals surface area contributed by atoms with Crippen LogP contribution in [0.5, 0.6) is 0 Å². The van der Waals surface area contributed by atoms with E-state index in [-0.39, 0.29) is 17.2 Å². The molecule has 1 aliphatic carbocycles. The zero-order valence-corrected chi connectivity index (χ0v) is 13.3. The lowest BCUT2D eigenvalue weighted by Crippen LogP contribution is -2.52. The van der Waals surface area contributed by atoms with E-state index >= 15 is 0 Å². The maximum Gasteiger partial charge on any atom is 0.312 e. The van der Waals surface area contributed by atoms with Gasteiger partial charge in [0.05, 0.1) is 0 Å². The Morgan fingerprint density at radius 3 is 2.41 bits per heavy atom. The van der Waals surface area contributed by atoms with Gasteiger partial charge in [-0.05, 0) is 24.3 Å². The van der Waals surface area contributed by atoms with Crippen molar-refractivity contribution in [2.75, 3.05) is 6.54 Å². The first-order chi connectivity index (χ1) is 10.5. The molecule has 0 saturated heterocycles. The number of carbonyl (C=O) groups excluding carboxylic acids is 2. The second kappa shape index (κ2) is 6.81. The van der Waals surface area contributed by atoms with Crippen molar-refractivity contribution in [3.8, 4) is 0 Å². The number of urea groups is 1. The lowest BCUT2D eigenvalue weighted by atomic mass is 9.95. The number of benzene rings is 1. The maximum absolute atomic E-state index is 12.4. The van der Waals surface area contributed by atoms with Gasteiger partial charge >= 0.3 is 6.03 Å². The molecule has 3 amide bonds. The van der Waals surface area contributed by atoms with Gasteiger partial charge in [-0.1, -0.05) is 50.6 Å². The normalized spacial score (nSPS) is 18.1. The molecule has 1 aromatic rings. The summed E-state index contributed by atoms with van der Waals surface area (Å²) < 4.78 is 0. The minimum atomic E-state index is -0.662. The van der Waals surface area contributed by atoms with E-state index in [1.165, 1.54) is 5.56 Å². The number of primary amides is 1. The molecule has 1 aliphatic rings. The van der Waals surface area contributed by atoms with Crippen LogP contribution in [0.3, 0.4) is 0 Å². The van der Waals surface area contributed by atoms with Crippen LogP contribution in [0.25, 0.3) is 0 Å². The molecule has 1 aromatic carbocycles. The highest BCUT2D eigenvalue weighted by Crippen LogP contribution is 2.47. The zero-order valence-electron chi connectivity index (χ0n) is 13.3. The number of carbonyl (C=O) groups is 2. The molecule has 0 unspecified atom stereocenters. The minimum Gasteiger partial charge on any atom is -0.353 e. The van der Waals surface area contributed by atoms with Gasteiger partial charge < -0.3 is 16.4 Å². The molecular weight excluding hydrogens is 278 g/mol. The Bertz CT molecular complexity index is 526. The van der Waals surface area contributed by atoms with E-state index in [4.69, 9.17) is 5.73 Å². The van der Waals surface area contributed by atoms with Crippen molar-refractivity contribution < 1.29 is 9.59 Å². The first kappa shape index (κ1) is 16.3. The molecular formula is C17H25N3O2. The molecule has 0 heterocycles. The Kier molecular flexibility index (Phi) is 5.06. The molecule has 5 heteroatoms. The van der Waals surface area contributed by atoms with Crippen molar-refractivity contribution in [3.05, 3.63) is 35.9 Å². The van der Waals surface area contributed by atoms with Crippen LogP contribution in [0.1, 0.15) is 38.7 Å². The van der Waals surface area contributed by atoms with Gasteiger partial charge in [0.25, 0.3) is 0 Å². The summed E-state index contributed by atoms with van der Waals surface area (Å²) in [6, 6.07) is 9.01. The van der Waals surface area contributed by atoms with Crippen LogP contribution in [0, 0.1) is 5.92 Å². The Hall–Kier alpha value is -2.04. The van der Waals surface area contributed by atoms with Crippen molar-refractivity contribution in [3.63, 3.8) is 0 Å². The molecule has 2 rings (SSSR count). The number of hydrogen-bond acceptors (Lipinski definition) is 2. The molecule has 120 valence electrons. The van der Waals surface area contributed by atoms with Crippen molar-refractivity contribution in [2.24, 2.45) is 11.7 Å². The highest BCUT2D eigenvalue weighted by atomic mass is 16.2. The molecule has 0 aromatic heterocycles. The summed E-state index contributed by atoms with van der Waals surface area (Å²) in [6.07, 6.45) is 2.95. The fourth-order valence-electron chi connectivity index (χ4n) is 2.73. The first-order valence-electron chi connectivity index (χ1n) is 7.88. The van der Waals surface area contributed by atoms with Gasteiger partial charge in [-0.25, -0.2) is 4.79 Å². The van der Waals surface area contributed by atoms with E-state index in [1.807, 2.05) is 32.0 Å². The Morgan fingerprint density at radius 1 is 1.27 bits per heavy atom. The van der Waals surface area contributed by atoms with Gasteiger partial charge in [0.2, 0.25) is 5.91 Å². The molecule has 22 heavy (non-hydrogen) atoms. The average Bonchev–Trinajstić information content (AvgIpc) is 3.31. The smallest absolute Gasteiger partial charge is 0.312 e. The SMILES string of the molecule is CC[C@@H](C)[C@@H](NC(N)=O)C(=O)NCC1(c2ccccc2)CC1. The topological polar surface area (TPSA) is 84.2 Å². The minimum absolute atomic E-state index is 0.0411. The molecule has 0 spiro atoms. The van der Waals surface area contributed by atoms with E-state index < -0.39 is 12.1 Å². The van der Waals surface area contributed by atoms with Crippen molar-refractivity contribution >= 4 is 11.9 Å². The summed E-state index contributed by atoms with van der Waals surface area (Å²) in [5.41, 5.74) is 6.50. The lowest BCUT2D eigenvalue weighted by molar-refractivity contribution is -0.124. The molecule has 2 atom stereocenters. The number of nitrogens with one attached hydrogen (secondary N) is 2. The monoisotopic (exact) mass is 303 g/mol. The van der Waals surface area contributed by atoms with Crippen LogP contribution in [0.4, 0.5) is 4.79 Å². The number of rotatable bonds is 7. The van der Waals surface area contributed by atoms with Crippen LogP contribution in [0.15, 0.2) is 30.3 Å². The molecule has 0 radical (unpaired) electrons. The van der Waals surface area contributed by atoms with Gasteiger partial charge in [-0.2, -0.15) is 0 Å². The Balaban J connectivity index is 1.97. The number of amides is 3. The van der Waals surface area contributed by atoms with Crippen LogP contribution in [0.2, 0.25) is 0 Å². The third kappa shape index (κ3) is 3.78. The van der Waals surface area contributed by atoms with Crippen LogP contribution < -0.4 is 16.4 Å². The molecule has 0 aliphatic heterocycles. The van der Waals surface area contributed by atoms with E-state index in [1.54, 1.807) is 0 Å². The Morgan fingerprint density at radius 2 is 1.91 bits per heavy atom. The van der Waals surface area contributed by atoms with Crippen molar-refractivity contribution in [1.82, 2.24) is 10.6 Å². The quantitative estimate of drug-likeness (QED) is 0.719. The molecule has 0 bridgehead atoms. The maximum atomic E-state index is 12.4. The highest BCUT2D eigenvalue weighted by Gasteiger charge is 2.44. The van der Waals surface area contributed by atoms with E-state index in [0.29, 0.717) is 6.54 Å². The number of nitrogens with two attached hydrogens (primary N) is 1. The highest BCUT2D eigenvalue weighted by molar-refractivity contribution is 5.86. The fourth-order valence-corrected chi connectivity index (χ4v) is 2.73.